The van der Waals surface area contributed by atoms with Gasteiger partial charge < -0.3 is 14.5 Å². The number of para-hydroxylation sites is 1. The van der Waals surface area contributed by atoms with Crippen LogP contribution in [0.4, 0.5) is 8.78 Å². The number of aromatic amines is 2. The zero-order chi connectivity index (χ0) is 21.0. The molecule has 2 N–H and O–H groups in total. The highest BCUT2D eigenvalue weighted by Gasteiger charge is 2.22. The fourth-order valence-corrected chi connectivity index (χ4v) is 4.00. The van der Waals surface area contributed by atoms with E-state index in [0.29, 0.717) is 50.1 Å². The van der Waals surface area contributed by atoms with Crippen molar-refractivity contribution in [1.29, 1.82) is 0 Å². The van der Waals surface area contributed by atoms with Crippen LogP contribution >= 0.6 is 0 Å². The van der Waals surface area contributed by atoms with Gasteiger partial charge in [-0.3, -0.25) is 4.98 Å². The van der Waals surface area contributed by atoms with Gasteiger partial charge in [-0.05, 0) is 37.6 Å². The second kappa shape index (κ2) is 6.62. The third-order valence-corrected chi connectivity index (χ3v) is 5.26. The van der Waals surface area contributed by atoms with Gasteiger partial charge in [0.15, 0.2) is 0 Å². The maximum absolute atomic E-state index is 14.0. The molecule has 5 aromatic rings. The predicted octanol–water partition coefficient (Wildman–Crippen LogP) is 5.28. The van der Waals surface area contributed by atoms with Gasteiger partial charge in [0.1, 0.15) is 5.76 Å². The van der Waals surface area contributed by atoms with Crippen molar-refractivity contribution < 1.29 is 13.3 Å². The molecule has 0 saturated carbocycles. The van der Waals surface area contributed by atoms with Crippen molar-refractivity contribution in [2.24, 2.45) is 0 Å². The normalized spacial score (nSPS) is 11.8. The lowest BCUT2D eigenvalue weighted by Gasteiger charge is -2.14. The van der Waals surface area contributed by atoms with E-state index in [0.717, 1.165) is 5.56 Å². The Balaban J connectivity index is 1.95. The number of nitrogens with one attached hydrogen (secondary N) is 2. The number of hydrogen-bond donors (Lipinski definition) is 2. The number of halogens is 2. The van der Waals surface area contributed by atoms with E-state index in [4.69, 9.17) is 4.52 Å². The maximum Gasteiger partial charge on any atom is 0.323 e. The number of rotatable bonds is 3. The first kappa shape index (κ1) is 18.2. The second-order valence-electron chi connectivity index (χ2n) is 7.13. The van der Waals surface area contributed by atoms with E-state index >= 15 is 0 Å². The average molecular weight is 406 g/mol. The first-order valence-electron chi connectivity index (χ1n) is 9.29. The Kier molecular flexibility index (Phi) is 4.02. The highest BCUT2D eigenvalue weighted by Crippen LogP contribution is 2.41. The van der Waals surface area contributed by atoms with Crippen molar-refractivity contribution in [2.45, 2.75) is 20.3 Å². The summed E-state index contributed by atoms with van der Waals surface area (Å²) in [5.74, 6) is 0.601. The largest absolute Gasteiger partial charge is 0.361 e. The number of benzene rings is 2. The van der Waals surface area contributed by atoms with E-state index in [2.05, 4.69) is 20.1 Å². The van der Waals surface area contributed by atoms with Crippen molar-refractivity contribution in [3.05, 3.63) is 70.1 Å². The van der Waals surface area contributed by atoms with Gasteiger partial charge in [0.2, 0.25) is 0 Å². The van der Waals surface area contributed by atoms with Gasteiger partial charge in [0.05, 0.1) is 22.2 Å². The third kappa shape index (κ3) is 2.72. The van der Waals surface area contributed by atoms with Crippen LogP contribution in [0.2, 0.25) is 0 Å². The summed E-state index contributed by atoms with van der Waals surface area (Å²) >= 11 is 0. The monoisotopic (exact) mass is 406 g/mol. The molecule has 0 unspecified atom stereocenters. The molecule has 8 heteroatoms. The Labute approximate surface area is 168 Å². The van der Waals surface area contributed by atoms with E-state index in [1.54, 1.807) is 43.3 Å². The number of aromatic nitrogens is 4. The summed E-state index contributed by atoms with van der Waals surface area (Å²) in [5.41, 5.74) is 3.89. The summed E-state index contributed by atoms with van der Waals surface area (Å²) < 4.78 is 33.3. The molecule has 0 atom stereocenters. The van der Waals surface area contributed by atoms with Crippen LogP contribution in [0.1, 0.15) is 23.4 Å². The van der Waals surface area contributed by atoms with Crippen LogP contribution < -0.4 is 5.69 Å². The van der Waals surface area contributed by atoms with Gasteiger partial charge >= 0.3 is 5.69 Å². The summed E-state index contributed by atoms with van der Waals surface area (Å²) in [5, 5.41) is 4.57. The first-order valence-corrected chi connectivity index (χ1v) is 9.29. The fraction of sp³-hybridized carbons (Fsp3) is 0.136. The molecule has 150 valence electrons. The summed E-state index contributed by atoms with van der Waals surface area (Å²) in [7, 11) is 0. The lowest BCUT2D eigenvalue weighted by Crippen LogP contribution is -2.00. The van der Waals surface area contributed by atoms with Gasteiger partial charge in [-0.1, -0.05) is 23.4 Å². The number of H-pyrrole nitrogens is 2. The third-order valence-electron chi connectivity index (χ3n) is 5.26. The van der Waals surface area contributed by atoms with Crippen LogP contribution in [0.15, 0.2) is 51.9 Å². The Bertz CT molecular complexity index is 1460. The molecule has 3 heterocycles. The summed E-state index contributed by atoms with van der Waals surface area (Å²) in [6.07, 6.45) is -1.54. The summed E-state index contributed by atoms with van der Waals surface area (Å²) in [6.45, 7) is 3.59. The molecule has 0 aliphatic rings. The van der Waals surface area contributed by atoms with Crippen molar-refractivity contribution >= 4 is 21.9 Å². The fourth-order valence-electron chi connectivity index (χ4n) is 4.00. The minimum atomic E-state index is -2.74. The van der Waals surface area contributed by atoms with Crippen molar-refractivity contribution in [2.75, 3.05) is 0 Å². The molecule has 0 amide bonds. The van der Waals surface area contributed by atoms with Crippen LogP contribution in [0, 0.1) is 13.8 Å². The lowest BCUT2D eigenvalue weighted by atomic mass is 9.92. The SMILES string of the molecule is Cc1noc(C)c1-c1cc(-c2c(C(F)F)cnc3ccccc23)c2[nH]c(=O)[nH]c2c1. The topological polar surface area (TPSA) is 87.6 Å². The second-order valence-corrected chi connectivity index (χ2v) is 7.13. The molecule has 0 aliphatic carbocycles. The minimum Gasteiger partial charge on any atom is -0.361 e. The standard InChI is InChI=1S/C22H16F2N4O2/c1-10-18(11(2)30-28-10)12-7-14(20-17(8-12)26-22(29)27-20)19-13-5-3-4-6-16(13)25-9-15(19)21(23)24/h3-9,21H,1-2H3,(H2,26,27,29). The number of hydrogen-bond acceptors (Lipinski definition) is 4. The van der Waals surface area contributed by atoms with Gasteiger partial charge in [-0.2, -0.15) is 0 Å². The predicted molar refractivity (Wildman–Crippen MR) is 110 cm³/mol. The van der Waals surface area contributed by atoms with Crippen LogP contribution in [-0.4, -0.2) is 20.1 Å². The van der Waals surface area contributed by atoms with Crippen LogP contribution in [0.5, 0.6) is 0 Å². The number of aryl methyl sites for hydroxylation is 2. The molecule has 0 spiro atoms. The first-order chi connectivity index (χ1) is 14.4. The number of pyridine rings is 1. The van der Waals surface area contributed by atoms with Gasteiger partial charge in [-0.25, -0.2) is 13.6 Å². The van der Waals surface area contributed by atoms with Crippen LogP contribution in [0.25, 0.3) is 44.2 Å². The molecule has 2 aromatic carbocycles. The molecule has 0 aliphatic heterocycles. The number of fused-ring (bicyclic) bond motifs is 2. The van der Waals surface area contributed by atoms with E-state index in [1.807, 2.05) is 6.92 Å². The molecular formula is C22H16F2N4O2. The Morgan fingerprint density at radius 1 is 1.07 bits per heavy atom. The molecule has 0 bridgehead atoms. The summed E-state index contributed by atoms with van der Waals surface area (Å²) in [6, 6.07) is 10.7. The van der Waals surface area contributed by atoms with Crippen molar-refractivity contribution in [3.8, 4) is 22.3 Å². The highest BCUT2D eigenvalue weighted by atomic mass is 19.3. The van der Waals surface area contributed by atoms with Crippen molar-refractivity contribution in [3.63, 3.8) is 0 Å². The van der Waals surface area contributed by atoms with E-state index in [9.17, 15) is 13.6 Å². The van der Waals surface area contributed by atoms with Gasteiger partial charge in [0.25, 0.3) is 6.43 Å². The Hall–Kier alpha value is -3.81. The summed E-state index contributed by atoms with van der Waals surface area (Å²) in [4.78, 5) is 21.8. The zero-order valence-electron chi connectivity index (χ0n) is 16.1. The Morgan fingerprint density at radius 2 is 1.87 bits per heavy atom. The molecular weight excluding hydrogens is 390 g/mol. The number of nitrogens with zero attached hydrogens (tertiary/aromatic N) is 2. The number of alkyl halides is 2. The molecule has 5 rings (SSSR count). The van der Waals surface area contributed by atoms with Gasteiger partial charge in [0, 0.05) is 33.8 Å². The van der Waals surface area contributed by atoms with E-state index in [1.165, 1.54) is 6.20 Å². The average Bonchev–Trinajstić information content (AvgIpc) is 3.26. The maximum atomic E-state index is 14.0. The molecule has 0 saturated heterocycles. The zero-order valence-corrected chi connectivity index (χ0v) is 16.1. The molecule has 30 heavy (non-hydrogen) atoms. The van der Waals surface area contributed by atoms with E-state index in [-0.39, 0.29) is 5.56 Å². The van der Waals surface area contributed by atoms with Crippen molar-refractivity contribution in [1.82, 2.24) is 20.1 Å². The highest BCUT2D eigenvalue weighted by molar-refractivity contribution is 6.05. The minimum absolute atomic E-state index is 0.201. The molecule has 3 aromatic heterocycles. The molecule has 0 fully saturated rings. The van der Waals surface area contributed by atoms with Crippen LogP contribution in [0.3, 0.4) is 0 Å². The van der Waals surface area contributed by atoms with Gasteiger partial charge in [-0.15, -0.1) is 0 Å². The van der Waals surface area contributed by atoms with E-state index < -0.39 is 12.1 Å². The Morgan fingerprint density at radius 3 is 2.60 bits per heavy atom. The van der Waals surface area contributed by atoms with Crippen LogP contribution in [-0.2, 0) is 0 Å². The molecule has 0 radical (unpaired) electrons. The molecule has 6 nitrogen and oxygen atoms in total. The lowest BCUT2D eigenvalue weighted by molar-refractivity contribution is 0.152. The quantitative estimate of drug-likeness (QED) is 0.427. The number of imidazole rings is 1. The smallest absolute Gasteiger partial charge is 0.323 e.